The first-order valence-electron chi connectivity index (χ1n) is 5.13. The van der Waals surface area contributed by atoms with E-state index in [4.69, 9.17) is 0 Å². The van der Waals surface area contributed by atoms with E-state index in [1.165, 1.54) is 4.90 Å². The van der Waals surface area contributed by atoms with E-state index in [0.717, 1.165) is 11.8 Å². The molecule has 0 radical (unpaired) electrons. The second-order valence-corrected chi connectivity index (χ2v) is 6.46. The third-order valence-corrected chi connectivity index (χ3v) is 5.17. The molecule has 1 aromatic carbocycles. The molecule has 2 atom stereocenters. The Hall–Kier alpha value is -1.14. The lowest BCUT2D eigenvalue weighted by atomic mass is 10.2. The van der Waals surface area contributed by atoms with Crippen molar-refractivity contribution in [2.45, 2.75) is 10.9 Å². The van der Waals surface area contributed by atoms with Crippen LogP contribution in [0.2, 0.25) is 0 Å². The molecular formula is C11H9NO3S2. The van der Waals surface area contributed by atoms with Crippen molar-refractivity contribution >= 4 is 33.6 Å². The van der Waals surface area contributed by atoms with Gasteiger partial charge in [-0.1, -0.05) is 12.1 Å². The highest BCUT2D eigenvalue weighted by molar-refractivity contribution is 8.14. The zero-order valence-corrected chi connectivity index (χ0v) is 10.4. The normalized spacial score (nSPS) is 27.6. The van der Waals surface area contributed by atoms with Crippen LogP contribution in [0, 0.1) is 0 Å². The molecule has 0 spiro atoms. The third-order valence-electron chi connectivity index (χ3n) is 2.86. The van der Waals surface area contributed by atoms with Crippen LogP contribution >= 0.6 is 11.8 Å². The monoisotopic (exact) mass is 267 g/mol. The number of nitrogens with zero attached hydrogens (tertiary/aromatic N) is 1. The van der Waals surface area contributed by atoms with E-state index in [-0.39, 0.29) is 22.7 Å². The Morgan fingerprint density at radius 2 is 2.06 bits per heavy atom. The molecule has 0 bridgehead atoms. The minimum absolute atomic E-state index is 0.0887. The Bertz CT molecular complexity index is 543. The molecule has 0 saturated carbocycles. The predicted octanol–water partition coefficient (Wildman–Crippen LogP) is 0.849. The summed E-state index contributed by atoms with van der Waals surface area (Å²) in [6.07, 6.45) is 0. The number of thioether (sulfide) groups is 1. The van der Waals surface area contributed by atoms with Crippen LogP contribution in [0.1, 0.15) is 10.4 Å². The average Bonchev–Trinajstić information content (AvgIpc) is 2.67. The third kappa shape index (κ3) is 1.71. The topological polar surface area (TPSA) is 54.5 Å². The Morgan fingerprint density at radius 1 is 1.29 bits per heavy atom. The molecule has 3 rings (SSSR count). The number of amides is 1. The lowest BCUT2D eigenvalue weighted by Crippen LogP contribution is -2.39. The molecule has 2 aliphatic heterocycles. The van der Waals surface area contributed by atoms with Gasteiger partial charge in [-0.2, -0.15) is 0 Å². The van der Waals surface area contributed by atoms with Crippen molar-refractivity contribution in [1.29, 1.82) is 0 Å². The highest BCUT2D eigenvalue weighted by atomic mass is 32.2. The first-order valence-corrected chi connectivity index (χ1v) is 7.44. The van der Waals surface area contributed by atoms with E-state index in [1.807, 2.05) is 0 Å². The predicted molar refractivity (Wildman–Crippen MR) is 65.1 cm³/mol. The molecule has 0 aromatic heterocycles. The van der Waals surface area contributed by atoms with E-state index in [1.54, 1.807) is 24.3 Å². The molecule has 1 saturated heterocycles. The summed E-state index contributed by atoms with van der Waals surface area (Å²) in [5, 5.41) is -0.0887. The van der Waals surface area contributed by atoms with Crippen LogP contribution in [0.5, 0.6) is 0 Å². The summed E-state index contributed by atoms with van der Waals surface area (Å²) in [7, 11) is -1.10. The molecule has 4 nitrogen and oxygen atoms in total. The fourth-order valence-electron chi connectivity index (χ4n) is 2.02. The van der Waals surface area contributed by atoms with Gasteiger partial charge in [0.1, 0.15) is 6.04 Å². The highest BCUT2D eigenvalue weighted by Gasteiger charge is 2.41. The van der Waals surface area contributed by atoms with Gasteiger partial charge in [0.05, 0.1) is 17.2 Å². The van der Waals surface area contributed by atoms with Crippen molar-refractivity contribution in [3.8, 4) is 0 Å². The van der Waals surface area contributed by atoms with Gasteiger partial charge in [0.2, 0.25) is 5.12 Å². The Labute approximate surface area is 105 Å². The van der Waals surface area contributed by atoms with Gasteiger partial charge in [0.25, 0.3) is 5.91 Å². The van der Waals surface area contributed by atoms with Gasteiger partial charge in [-0.05, 0) is 23.9 Å². The number of fused-ring (bicyclic) bond motifs is 2. The van der Waals surface area contributed by atoms with Gasteiger partial charge >= 0.3 is 0 Å². The van der Waals surface area contributed by atoms with Gasteiger partial charge in [-0.3, -0.25) is 13.8 Å². The molecule has 1 amide bonds. The number of rotatable bonds is 0. The zero-order valence-electron chi connectivity index (χ0n) is 8.79. The van der Waals surface area contributed by atoms with E-state index in [9.17, 15) is 13.8 Å². The summed E-state index contributed by atoms with van der Waals surface area (Å²) in [6.45, 7) is 0. The summed E-state index contributed by atoms with van der Waals surface area (Å²) < 4.78 is 11.5. The molecule has 2 heterocycles. The number of hydrogen-bond donors (Lipinski definition) is 0. The number of hydrogen-bond acceptors (Lipinski definition) is 4. The van der Waals surface area contributed by atoms with Crippen molar-refractivity contribution in [2.24, 2.45) is 0 Å². The summed E-state index contributed by atoms with van der Waals surface area (Å²) in [5.74, 6) is 0.255. The smallest absolute Gasteiger partial charge is 0.256 e. The quantitative estimate of drug-likeness (QED) is 0.699. The molecule has 6 heteroatoms. The van der Waals surface area contributed by atoms with Crippen molar-refractivity contribution in [1.82, 2.24) is 4.90 Å². The van der Waals surface area contributed by atoms with Gasteiger partial charge in [0.15, 0.2) is 0 Å². The first-order chi connectivity index (χ1) is 8.16. The van der Waals surface area contributed by atoms with Crippen LogP contribution in [0.25, 0.3) is 0 Å². The molecule has 2 aliphatic rings. The van der Waals surface area contributed by atoms with E-state index < -0.39 is 16.8 Å². The lowest BCUT2D eigenvalue weighted by molar-refractivity contribution is -0.113. The highest BCUT2D eigenvalue weighted by Crippen LogP contribution is 2.33. The Balaban J connectivity index is 2.11. The van der Waals surface area contributed by atoms with Gasteiger partial charge in [0, 0.05) is 15.7 Å². The summed E-state index contributed by atoms with van der Waals surface area (Å²) in [5.41, 5.74) is 0.534. The number of carbonyl (C=O) groups excluding carboxylic acids is 2. The van der Waals surface area contributed by atoms with Crippen LogP contribution in [0.3, 0.4) is 0 Å². The summed E-state index contributed by atoms with van der Waals surface area (Å²) in [6, 6.07) is 6.54. The van der Waals surface area contributed by atoms with Crippen LogP contribution in [0.4, 0.5) is 0 Å². The van der Waals surface area contributed by atoms with E-state index in [2.05, 4.69) is 0 Å². The van der Waals surface area contributed by atoms with Gasteiger partial charge < -0.3 is 4.90 Å². The molecule has 0 aliphatic carbocycles. The number of carbonyl (C=O) groups is 2. The van der Waals surface area contributed by atoms with Crippen molar-refractivity contribution < 1.29 is 13.8 Å². The van der Waals surface area contributed by atoms with Crippen molar-refractivity contribution in [2.75, 3.05) is 11.6 Å². The molecule has 88 valence electrons. The minimum Gasteiger partial charge on any atom is -0.315 e. The maximum Gasteiger partial charge on any atom is 0.256 e. The molecular weight excluding hydrogens is 258 g/mol. The zero-order chi connectivity index (χ0) is 12.0. The van der Waals surface area contributed by atoms with E-state index in [0.29, 0.717) is 10.5 Å². The molecule has 1 unspecified atom stereocenters. The SMILES string of the molecule is O=C1Sc2ccccc2C(=O)N2CS(=O)C[C@H]12. The largest absolute Gasteiger partial charge is 0.315 e. The van der Waals surface area contributed by atoms with Crippen LogP contribution in [0.15, 0.2) is 29.2 Å². The number of benzene rings is 1. The second-order valence-electron chi connectivity index (χ2n) is 3.94. The van der Waals surface area contributed by atoms with Crippen LogP contribution < -0.4 is 0 Å². The Kier molecular flexibility index (Phi) is 2.56. The standard InChI is InChI=1S/C11H9NO3S2/c13-10-7-3-1-2-4-9(7)16-11(14)8-5-17(15)6-12(8)10/h1-4,8H,5-6H2/t8-,17?/m1/s1. The molecule has 0 N–H and O–H groups in total. The first kappa shape index (κ1) is 11.0. The maximum absolute atomic E-state index is 12.2. The van der Waals surface area contributed by atoms with Crippen LogP contribution in [-0.2, 0) is 15.6 Å². The molecule has 17 heavy (non-hydrogen) atoms. The van der Waals surface area contributed by atoms with E-state index >= 15 is 0 Å². The molecule has 1 fully saturated rings. The van der Waals surface area contributed by atoms with Gasteiger partial charge in [-0.15, -0.1) is 0 Å². The van der Waals surface area contributed by atoms with Crippen molar-refractivity contribution in [3.63, 3.8) is 0 Å². The lowest BCUT2D eigenvalue weighted by Gasteiger charge is -2.18. The second kappa shape index (κ2) is 3.96. The summed E-state index contributed by atoms with van der Waals surface area (Å²) in [4.78, 5) is 26.4. The maximum atomic E-state index is 12.2. The Morgan fingerprint density at radius 3 is 2.88 bits per heavy atom. The minimum atomic E-state index is -1.10. The fourth-order valence-corrected chi connectivity index (χ4v) is 4.50. The fraction of sp³-hybridized carbons (Fsp3) is 0.273. The summed E-state index contributed by atoms with van der Waals surface area (Å²) >= 11 is 1.08. The van der Waals surface area contributed by atoms with Crippen LogP contribution in [-0.4, -0.2) is 37.8 Å². The van der Waals surface area contributed by atoms with Crippen molar-refractivity contribution in [3.05, 3.63) is 29.8 Å². The molecule has 1 aromatic rings. The van der Waals surface area contributed by atoms with Gasteiger partial charge in [-0.25, -0.2) is 0 Å². The average molecular weight is 267 g/mol.